The summed E-state index contributed by atoms with van der Waals surface area (Å²) in [7, 11) is 0. The van der Waals surface area contributed by atoms with Crippen LogP contribution in [-0.2, 0) is 0 Å². The van der Waals surface area contributed by atoms with E-state index in [0.29, 0.717) is 4.83 Å². The Kier molecular flexibility index (Phi) is 2.15. The van der Waals surface area contributed by atoms with Crippen LogP contribution >= 0.6 is 27.5 Å². The first-order chi connectivity index (χ1) is 5.79. The lowest BCUT2D eigenvalue weighted by atomic mass is 10.2. The summed E-state index contributed by atoms with van der Waals surface area (Å²) in [5, 5.41) is 1.27. The summed E-state index contributed by atoms with van der Waals surface area (Å²) in [5.74, 6) is 0. The highest BCUT2D eigenvalue weighted by molar-refractivity contribution is 9.09. The number of rotatable bonds is 1. The molecular weight excluding hydrogens is 234 g/mol. The number of alkyl halides is 1. The third-order valence-corrected chi connectivity index (χ3v) is 3.06. The molecule has 0 spiro atoms. The molecule has 0 aliphatic heterocycles. The van der Waals surface area contributed by atoms with Crippen molar-refractivity contribution in [3.05, 3.63) is 30.0 Å². The van der Waals surface area contributed by atoms with Gasteiger partial charge < -0.3 is 0 Å². The van der Waals surface area contributed by atoms with Gasteiger partial charge in [-0.2, -0.15) is 4.37 Å². The largest absolute Gasteiger partial charge is 0.195 e. The van der Waals surface area contributed by atoms with E-state index in [9.17, 15) is 0 Å². The standard InChI is InChI=1S/C9H8BrNS/c1-6(10)9-7-4-2-3-5-8(7)12-11-9/h2-6H,1H3. The monoisotopic (exact) mass is 241 g/mol. The summed E-state index contributed by atoms with van der Waals surface area (Å²) in [5.41, 5.74) is 1.15. The molecular formula is C9H8BrNS. The van der Waals surface area contributed by atoms with E-state index in [2.05, 4.69) is 45.4 Å². The van der Waals surface area contributed by atoms with Gasteiger partial charge in [-0.15, -0.1) is 0 Å². The molecule has 62 valence electrons. The van der Waals surface area contributed by atoms with Gasteiger partial charge in [-0.25, -0.2) is 0 Å². The first-order valence-corrected chi connectivity index (χ1v) is 5.46. The van der Waals surface area contributed by atoms with E-state index in [-0.39, 0.29) is 0 Å². The SMILES string of the molecule is CC(Br)c1nsc2ccccc12. The van der Waals surface area contributed by atoms with Gasteiger partial charge in [0.15, 0.2) is 0 Å². The van der Waals surface area contributed by atoms with Crippen LogP contribution in [0.2, 0.25) is 0 Å². The lowest BCUT2D eigenvalue weighted by Gasteiger charge is -1.97. The van der Waals surface area contributed by atoms with Gasteiger partial charge in [-0.1, -0.05) is 34.1 Å². The van der Waals surface area contributed by atoms with Crippen molar-refractivity contribution in [2.24, 2.45) is 0 Å². The fourth-order valence-corrected chi connectivity index (χ4v) is 2.54. The zero-order valence-electron chi connectivity index (χ0n) is 6.62. The molecule has 0 aliphatic rings. The zero-order chi connectivity index (χ0) is 8.55. The summed E-state index contributed by atoms with van der Waals surface area (Å²) in [6.07, 6.45) is 0. The molecule has 0 N–H and O–H groups in total. The van der Waals surface area contributed by atoms with Gasteiger partial charge in [-0.3, -0.25) is 0 Å². The van der Waals surface area contributed by atoms with Crippen LogP contribution in [0.1, 0.15) is 17.4 Å². The minimum Gasteiger partial charge on any atom is -0.195 e. The summed E-state index contributed by atoms with van der Waals surface area (Å²) in [4.78, 5) is 0.341. The average molecular weight is 242 g/mol. The van der Waals surface area contributed by atoms with Gasteiger partial charge in [0.25, 0.3) is 0 Å². The lowest BCUT2D eigenvalue weighted by Crippen LogP contribution is -1.82. The second-order valence-electron chi connectivity index (χ2n) is 2.68. The normalized spacial score (nSPS) is 13.5. The molecule has 1 heterocycles. The molecule has 1 atom stereocenters. The van der Waals surface area contributed by atoms with Gasteiger partial charge in [-0.05, 0) is 24.5 Å². The predicted octanol–water partition coefficient (Wildman–Crippen LogP) is 3.75. The average Bonchev–Trinajstić information content (AvgIpc) is 2.47. The predicted molar refractivity (Wildman–Crippen MR) is 57.0 cm³/mol. The van der Waals surface area contributed by atoms with Crippen molar-refractivity contribution >= 4 is 37.5 Å². The first-order valence-electron chi connectivity index (χ1n) is 3.77. The van der Waals surface area contributed by atoms with E-state index in [1.807, 2.05) is 6.07 Å². The topological polar surface area (TPSA) is 12.9 Å². The zero-order valence-corrected chi connectivity index (χ0v) is 9.02. The minimum absolute atomic E-state index is 0.341. The third-order valence-electron chi connectivity index (χ3n) is 1.78. The number of nitrogens with zero attached hydrogens (tertiary/aromatic N) is 1. The molecule has 1 aromatic carbocycles. The Morgan fingerprint density at radius 2 is 2.17 bits per heavy atom. The Labute approximate surface area is 83.7 Å². The molecule has 2 aromatic rings. The molecule has 2 rings (SSSR count). The highest BCUT2D eigenvalue weighted by atomic mass is 79.9. The number of halogens is 1. The smallest absolute Gasteiger partial charge is 0.0754 e. The van der Waals surface area contributed by atoms with Crippen LogP contribution in [0.3, 0.4) is 0 Å². The Balaban J connectivity index is 2.70. The summed E-state index contributed by atoms with van der Waals surface area (Å²) >= 11 is 5.09. The van der Waals surface area contributed by atoms with E-state index in [4.69, 9.17) is 0 Å². The highest BCUT2D eigenvalue weighted by Crippen LogP contribution is 2.30. The third kappa shape index (κ3) is 1.27. The van der Waals surface area contributed by atoms with Crippen LogP contribution in [0.15, 0.2) is 24.3 Å². The molecule has 12 heavy (non-hydrogen) atoms. The summed E-state index contributed by atoms with van der Waals surface area (Å²) < 4.78 is 5.65. The van der Waals surface area contributed by atoms with Crippen molar-refractivity contribution in [3.63, 3.8) is 0 Å². The number of hydrogen-bond acceptors (Lipinski definition) is 2. The molecule has 0 saturated carbocycles. The number of aromatic nitrogens is 1. The Morgan fingerprint density at radius 1 is 1.42 bits per heavy atom. The fraction of sp³-hybridized carbons (Fsp3) is 0.222. The second-order valence-corrected chi connectivity index (χ2v) is 4.86. The molecule has 3 heteroatoms. The maximum absolute atomic E-state index is 4.39. The maximum atomic E-state index is 4.39. The molecule has 1 nitrogen and oxygen atoms in total. The van der Waals surface area contributed by atoms with Crippen molar-refractivity contribution in [1.82, 2.24) is 4.37 Å². The quantitative estimate of drug-likeness (QED) is 0.694. The van der Waals surface area contributed by atoms with Gasteiger partial charge >= 0.3 is 0 Å². The Morgan fingerprint density at radius 3 is 2.92 bits per heavy atom. The number of hydrogen-bond donors (Lipinski definition) is 0. The van der Waals surface area contributed by atoms with E-state index in [0.717, 1.165) is 5.69 Å². The molecule has 0 fully saturated rings. The fourth-order valence-electron chi connectivity index (χ4n) is 1.19. The van der Waals surface area contributed by atoms with Crippen molar-refractivity contribution in [3.8, 4) is 0 Å². The van der Waals surface area contributed by atoms with Crippen LogP contribution in [0.5, 0.6) is 0 Å². The van der Waals surface area contributed by atoms with Crippen LogP contribution < -0.4 is 0 Å². The van der Waals surface area contributed by atoms with E-state index >= 15 is 0 Å². The Bertz CT molecular complexity index is 394. The minimum atomic E-state index is 0.341. The van der Waals surface area contributed by atoms with Gasteiger partial charge in [0.1, 0.15) is 0 Å². The van der Waals surface area contributed by atoms with E-state index in [1.54, 1.807) is 11.5 Å². The second kappa shape index (κ2) is 3.15. The molecule has 0 radical (unpaired) electrons. The van der Waals surface area contributed by atoms with Crippen molar-refractivity contribution in [2.45, 2.75) is 11.8 Å². The molecule has 1 aromatic heterocycles. The van der Waals surface area contributed by atoms with Crippen molar-refractivity contribution < 1.29 is 0 Å². The maximum Gasteiger partial charge on any atom is 0.0754 e. The van der Waals surface area contributed by atoms with E-state index < -0.39 is 0 Å². The van der Waals surface area contributed by atoms with Crippen molar-refractivity contribution in [2.75, 3.05) is 0 Å². The lowest BCUT2D eigenvalue weighted by molar-refractivity contribution is 1.09. The first kappa shape index (κ1) is 8.20. The van der Waals surface area contributed by atoms with Crippen LogP contribution in [0.25, 0.3) is 10.1 Å². The molecule has 1 unspecified atom stereocenters. The van der Waals surface area contributed by atoms with Gasteiger partial charge in [0, 0.05) is 5.39 Å². The van der Waals surface area contributed by atoms with Crippen molar-refractivity contribution in [1.29, 1.82) is 0 Å². The van der Waals surface area contributed by atoms with E-state index in [1.165, 1.54) is 10.1 Å². The summed E-state index contributed by atoms with van der Waals surface area (Å²) in [6, 6.07) is 8.32. The molecule has 0 amide bonds. The number of fused-ring (bicyclic) bond motifs is 1. The highest BCUT2D eigenvalue weighted by Gasteiger charge is 2.08. The van der Waals surface area contributed by atoms with Crippen LogP contribution in [0.4, 0.5) is 0 Å². The summed E-state index contributed by atoms with van der Waals surface area (Å²) in [6.45, 7) is 2.10. The Hall–Kier alpha value is -0.410. The molecule has 0 saturated heterocycles. The van der Waals surface area contributed by atoms with Gasteiger partial charge in [0.2, 0.25) is 0 Å². The molecule has 0 aliphatic carbocycles. The molecule has 0 bridgehead atoms. The van der Waals surface area contributed by atoms with Crippen LogP contribution in [0, 0.1) is 0 Å². The number of benzene rings is 1. The van der Waals surface area contributed by atoms with Gasteiger partial charge in [0.05, 0.1) is 15.2 Å². The van der Waals surface area contributed by atoms with Crippen LogP contribution in [-0.4, -0.2) is 4.37 Å².